The number of anilines is 1. The van der Waals surface area contributed by atoms with E-state index in [1.807, 2.05) is 33.9 Å². The number of benzene rings is 1. The van der Waals surface area contributed by atoms with Gasteiger partial charge in [-0.3, -0.25) is 4.79 Å². The van der Waals surface area contributed by atoms with Crippen LogP contribution in [0, 0.1) is 19.3 Å². The minimum atomic E-state index is -0.340. The molecule has 0 heterocycles. The molecule has 16 heavy (non-hydrogen) atoms. The van der Waals surface area contributed by atoms with E-state index in [-0.39, 0.29) is 11.3 Å². The molecule has 1 aromatic rings. The molecule has 0 spiro atoms. The Hall–Kier alpha value is -1.31. The highest BCUT2D eigenvalue weighted by Crippen LogP contribution is 2.23. The van der Waals surface area contributed by atoms with Gasteiger partial charge >= 0.3 is 0 Å². The Balaban J connectivity index is 3.01. The van der Waals surface area contributed by atoms with E-state index in [0.717, 1.165) is 5.69 Å². The number of nitrogens with zero attached hydrogens (tertiary/aromatic N) is 1. The molecule has 0 bridgehead atoms. The minimum absolute atomic E-state index is 0.135. The Kier molecular flexibility index (Phi) is 3.41. The van der Waals surface area contributed by atoms with Crippen molar-refractivity contribution in [2.75, 3.05) is 11.9 Å². The van der Waals surface area contributed by atoms with E-state index in [1.54, 1.807) is 4.90 Å². The lowest BCUT2D eigenvalue weighted by molar-refractivity contribution is -0.125. The van der Waals surface area contributed by atoms with Gasteiger partial charge in [-0.25, -0.2) is 0 Å². The Morgan fingerprint density at radius 3 is 2.12 bits per heavy atom. The largest absolute Gasteiger partial charge is 0.315 e. The van der Waals surface area contributed by atoms with E-state index in [9.17, 15) is 4.79 Å². The zero-order valence-corrected chi connectivity index (χ0v) is 11.1. The quantitative estimate of drug-likeness (QED) is 0.709. The van der Waals surface area contributed by atoms with Crippen LogP contribution >= 0.6 is 0 Å². The van der Waals surface area contributed by atoms with Crippen LogP contribution in [0.15, 0.2) is 18.2 Å². The van der Waals surface area contributed by atoms with Crippen LogP contribution in [0.2, 0.25) is 0 Å². The second kappa shape index (κ2) is 4.28. The second-order valence-electron chi connectivity index (χ2n) is 5.38. The van der Waals surface area contributed by atoms with Gasteiger partial charge in [0.25, 0.3) is 0 Å². The Morgan fingerprint density at radius 2 is 1.69 bits per heavy atom. The van der Waals surface area contributed by atoms with Crippen molar-refractivity contribution in [3.63, 3.8) is 0 Å². The first-order valence-corrected chi connectivity index (χ1v) is 5.59. The maximum atomic E-state index is 12.1. The standard InChI is InChI=1S/C14H21NO/c1-10-7-8-12(9-11(10)2)15(6)13(16)14(3,4)5/h7-9H,1-6H3. The predicted molar refractivity (Wildman–Crippen MR) is 68.8 cm³/mol. The van der Waals surface area contributed by atoms with Gasteiger partial charge in [-0.1, -0.05) is 26.8 Å². The predicted octanol–water partition coefficient (Wildman–Crippen LogP) is 3.31. The molecule has 0 atom stereocenters. The van der Waals surface area contributed by atoms with Crippen LogP contribution in [0.25, 0.3) is 0 Å². The van der Waals surface area contributed by atoms with Gasteiger partial charge < -0.3 is 4.90 Å². The fourth-order valence-electron chi connectivity index (χ4n) is 1.55. The highest BCUT2D eigenvalue weighted by molar-refractivity contribution is 5.96. The van der Waals surface area contributed by atoms with Crippen LogP contribution in [0.3, 0.4) is 0 Å². The van der Waals surface area contributed by atoms with E-state index < -0.39 is 0 Å². The molecular weight excluding hydrogens is 198 g/mol. The van der Waals surface area contributed by atoms with E-state index in [2.05, 4.69) is 26.0 Å². The summed E-state index contributed by atoms with van der Waals surface area (Å²) in [5.41, 5.74) is 3.09. The normalized spacial score (nSPS) is 11.4. The zero-order valence-electron chi connectivity index (χ0n) is 11.1. The zero-order chi connectivity index (χ0) is 12.5. The lowest BCUT2D eigenvalue weighted by atomic mass is 9.94. The molecule has 0 saturated carbocycles. The van der Waals surface area contributed by atoms with Gasteiger partial charge in [-0.15, -0.1) is 0 Å². The fraction of sp³-hybridized carbons (Fsp3) is 0.500. The van der Waals surface area contributed by atoms with E-state index >= 15 is 0 Å². The molecule has 0 aromatic heterocycles. The summed E-state index contributed by atoms with van der Waals surface area (Å²) in [6.07, 6.45) is 0. The van der Waals surface area contributed by atoms with Gasteiger partial charge in [0, 0.05) is 18.2 Å². The fourth-order valence-corrected chi connectivity index (χ4v) is 1.55. The third-order valence-corrected chi connectivity index (χ3v) is 2.82. The summed E-state index contributed by atoms with van der Waals surface area (Å²) in [6.45, 7) is 9.95. The lowest BCUT2D eigenvalue weighted by Gasteiger charge is -2.26. The first kappa shape index (κ1) is 12.8. The number of hydrogen-bond acceptors (Lipinski definition) is 1. The Labute approximate surface area is 98.3 Å². The summed E-state index contributed by atoms with van der Waals surface area (Å²) in [4.78, 5) is 13.8. The van der Waals surface area contributed by atoms with Crippen LogP contribution < -0.4 is 4.90 Å². The number of rotatable bonds is 1. The molecule has 0 fully saturated rings. The second-order valence-corrected chi connectivity index (χ2v) is 5.38. The van der Waals surface area contributed by atoms with Crippen molar-refractivity contribution in [2.45, 2.75) is 34.6 Å². The minimum Gasteiger partial charge on any atom is -0.315 e. The van der Waals surface area contributed by atoms with Gasteiger partial charge in [0.1, 0.15) is 0 Å². The SMILES string of the molecule is Cc1ccc(N(C)C(=O)C(C)(C)C)cc1C. The first-order chi connectivity index (χ1) is 7.23. The van der Waals surface area contributed by atoms with E-state index in [1.165, 1.54) is 11.1 Å². The smallest absolute Gasteiger partial charge is 0.232 e. The monoisotopic (exact) mass is 219 g/mol. The molecular formula is C14H21NO. The number of aryl methyl sites for hydroxylation is 2. The Bertz CT molecular complexity index is 402. The molecule has 0 aliphatic carbocycles. The summed E-state index contributed by atoms with van der Waals surface area (Å²) in [6, 6.07) is 6.10. The lowest BCUT2D eigenvalue weighted by Crippen LogP contribution is -2.36. The third kappa shape index (κ3) is 2.63. The molecule has 1 aromatic carbocycles. The van der Waals surface area contributed by atoms with Crippen molar-refractivity contribution in [2.24, 2.45) is 5.41 Å². The van der Waals surface area contributed by atoms with Crippen molar-refractivity contribution in [1.82, 2.24) is 0 Å². The molecule has 0 N–H and O–H groups in total. The molecule has 0 unspecified atom stereocenters. The van der Waals surface area contributed by atoms with Gasteiger partial charge in [0.15, 0.2) is 0 Å². The molecule has 0 aliphatic heterocycles. The van der Waals surface area contributed by atoms with Crippen LogP contribution in [0.1, 0.15) is 31.9 Å². The van der Waals surface area contributed by atoms with Crippen LogP contribution in [0.4, 0.5) is 5.69 Å². The average molecular weight is 219 g/mol. The first-order valence-electron chi connectivity index (χ1n) is 5.59. The van der Waals surface area contributed by atoms with Gasteiger partial charge in [-0.2, -0.15) is 0 Å². The highest BCUT2D eigenvalue weighted by atomic mass is 16.2. The van der Waals surface area contributed by atoms with Crippen LogP contribution in [0.5, 0.6) is 0 Å². The summed E-state index contributed by atoms with van der Waals surface area (Å²) < 4.78 is 0. The van der Waals surface area contributed by atoms with Crippen LogP contribution in [-0.4, -0.2) is 13.0 Å². The molecule has 0 radical (unpaired) electrons. The van der Waals surface area contributed by atoms with Crippen molar-refractivity contribution in [3.8, 4) is 0 Å². The van der Waals surface area contributed by atoms with Gasteiger partial charge in [0.05, 0.1) is 0 Å². The molecule has 1 amide bonds. The maximum Gasteiger partial charge on any atom is 0.232 e. The summed E-state index contributed by atoms with van der Waals surface area (Å²) in [7, 11) is 1.83. The van der Waals surface area contributed by atoms with Crippen molar-refractivity contribution >= 4 is 11.6 Å². The molecule has 0 saturated heterocycles. The van der Waals surface area contributed by atoms with Crippen LogP contribution in [-0.2, 0) is 4.79 Å². The molecule has 2 nitrogen and oxygen atoms in total. The highest BCUT2D eigenvalue weighted by Gasteiger charge is 2.25. The average Bonchev–Trinajstić information content (AvgIpc) is 2.18. The van der Waals surface area contributed by atoms with Gasteiger partial charge in [-0.05, 0) is 37.1 Å². The maximum absolute atomic E-state index is 12.1. The van der Waals surface area contributed by atoms with E-state index in [0.29, 0.717) is 0 Å². The molecule has 88 valence electrons. The Morgan fingerprint density at radius 1 is 1.12 bits per heavy atom. The molecule has 2 heteroatoms. The summed E-state index contributed by atoms with van der Waals surface area (Å²) in [5.74, 6) is 0.135. The van der Waals surface area contributed by atoms with Crippen molar-refractivity contribution in [1.29, 1.82) is 0 Å². The summed E-state index contributed by atoms with van der Waals surface area (Å²) >= 11 is 0. The van der Waals surface area contributed by atoms with E-state index in [4.69, 9.17) is 0 Å². The number of carbonyl (C=O) groups is 1. The van der Waals surface area contributed by atoms with Gasteiger partial charge in [0.2, 0.25) is 5.91 Å². The number of amides is 1. The molecule has 0 aliphatic rings. The number of carbonyl (C=O) groups excluding carboxylic acids is 1. The summed E-state index contributed by atoms with van der Waals surface area (Å²) in [5, 5.41) is 0. The number of hydrogen-bond donors (Lipinski definition) is 0. The topological polar surface area (TPSA) is 20.3 Å². The van der Waals surface area contributed by atoms with Crippen molar-refractivity contribution < 1.29 is 4.79 Å². The van der Waals surface area contributed by atoms with Crippen molar-refractivity contribution in [3.05, 3.63) is 29.3 Å². The molecule has 1 rings (SSSR count). The third-order valence-electron chi connectivity index (χ3n) is 2.82.